The molecule has 0 aliphatic heterocycles. The van der Waals surface area contributed by atoms with Crippen LogP contribution >= 0.6 is 0 Å². The molecule has 1 amide bonds. The SMILES string of the molecule is CC(C)c1cccc(C(C)C)c1NC(=O)c1cccc(-c2nc3ccccc3[nH]2)n1. The smallest absolute Gasteiger partial charge is 0.274 e. The van der Waals surface area contributed by atoms with E-state index in [1.807, 2.05) is 36.4 Å². The van der Waals surface area contributed by atoms with Crippen molar-refractivity contribution in [2.45, 2.75) is 39.5 Å². The normalized spacial score (nSPS) is 11.4. The van der Waals surface area contributed by atoms with Gasteiger partial charge in [-0.3, -0.25) is 4.79 Å². The molecule has 30 heavy (non-hydrogen) atoms. The first kappa shape index (κ1) is 19.8. The van der Waals surface area contributed by atoms with Crippen LogP contribution in [0.3, 0.4) is 0 Å². The molecule has 0 spiro atoms. The number of H-pyrrole nitrogens is 1. The Hall–Kier alpha value is -3.47. The van der Waals surface area contributed by atoms with Gasteiger partial charge in [0, 0.05) is 5.69 Å². The zero-order valence-corrected chi connectivity index (χ0v) is 17.7. The van der Waals surface area contributed by atoms with E-state index in [0.29, 0.717) is 29.0 Å². The molecular formula is C25H26N4O. The lowest BCUT2D eigenvalue weighted by Crippen LogP contribution is -2.17. The molecule has 2 N–H and O–H groups in total. The summed E-state index contributed by atoms with van der Waals surface area (Å²) in [5.41, 5.74) is 5.96. The van der Waals surface area contributed by atoms with Gasteiger partial charge in [-0.1, -0.05) is 64.1 Å². The van der Waals surface area contributed by atoms with Crippen LogP contribution in [0, 0.1) is 0 Å². The number of pyridine rings is 1. The zero-order chi connectivity index (χ0) is 21.3. The molecule has 0 aliphatic carbocycles. The summed E-state index contributed by atoms with van der Waals surface area (Å²) in [5.74, 6) is 1.03. The maximum atomic E-state index is 13.1. The molecule has 0 fully saturated rings. The number of fused-ring (bicyclic) bond motifs is 1. The minimum atomic E-state index is -0.219. The standard InChI is InChI=1S/C25H26N4O/c1-15(2)17-9-7-10-18(16(3)4)23(17)29-25(30)22-14-8-13-21(26-22)24-27-19-11-5-6-12-20(19)28-24/h5-16H,1-4H3,(H,27,28)(H,29,30). The van der Waals surface area contributed by atoms with Crippen LogP contribution in [0.25, 0.3) is 22.6 Å². The second kappa shape index (κ2) is 8.11. The summed E-state index contributed by atoms with van der Waals surface area (Å²) in [6.07, 6.45) is 0. The molecule has 0 radical (unpaired) electrons. The van der Waals surface area contributed by atoms with Crippen LogP contribution in [0.5, 0.6) is 0 Å². The van der Waals surface area contributed by atoms with Gasteiger partial charge in [0.25, 0.3) is 5.91 Å². The quantitative estimate of drug-likeness (QED) is 0.425. The Labute approximate surface area is 176 Å². The Balaban J connectivity index is 1.68. The summed E-state index contributed by atoms with van der Waals surface area (Å²) in [6, 6.07) is 19.5. The number of anilines is 1. The highest BCUT2D eigenvalue weighted by Crippen LogP contribution is 2.32. The van der Waals surface area contributed by atoms with E-state index in [9.17, 15) is 4.79 Å². The van der Waals surface area contributed by atoms with Crippen molar-refractivity contribution in [3.63, 3.8) is 0 Å². The minimum Gasteiger partial charge on any atom is -0.337 e. The topological polar surface area (TPSA) is 70.7 Å². The highest BCUT2D eigenvalue weighted by molar-refractivity contribution is 6.04. The molecule has 152 valence electrons. The minimum absolute atomic E-state index is 0.219. The Morgan fingerprint density at radius 3 is 2.17 bits per heavy atom. The van der Waals surface area contributed by atoms with Crippen LogP contribution in [0.1, 0.15) is 61.1 Å². The zero-order valence-electron chi connectivity index (χ0n) is 17.7. The molecule has 0 atom stereocenters. The van der Waals surface area contributed by atoms with Crippen LogP contribution in [0.4, 0.5) is 5.69 Å². The third kappa shape index (κ3) is 3.83. The van der Waals surface area contributed by atoms with Gasteiger partial charge in [-0.05, 0) is 47.2 Å². The molecule has 0 aliphatic rings. The van der Waals surface area contributed by atoms with E-state index in [1.54, 1.807) is 6.07 Å². The highest BCUT2D eigenvalue weighted by atomic mass is 16.1. The first-order valence-corrected chi connectivity index (χ1v) is 10.3. The molecule has 0 saturated heterocycles. The van der Waals surface area contributed by atoms with Gasteiger partial charge in [-0.2, -0.15) is 0 Å². The number of aromatic nitrogens is 3. The predicted molar refractivity (Wildman–Crippen MR) is 122 cm³/mol. The van der Waals surface area contributed by atoms with Gasteiger partial charge < -0.3 is 10.3 Å². The summed E-state index contributed by atoms with van der Waals surface area (Å²) in [5, 5.41) is 3.13. The Bertz CT molecular complexity index is 1150. The number of para-hydroxylation sites is 3. The molecule has 5 nitrogen and oxygen atoms in total. The third-order valence-electron chi connectivity index (χ3n) is 5.23. The number of carbonyl (C=O) groups excluding carboxylic acids is 1. The van der Waals surface area contributed by atoms with Crippen molar-refractivity contribution in [2.24, 2.45) is 0 Å². The van der Waals surface area contributed by atoms with Crippen LogP contribution in [0.15, 0.2) is 60.7 Å². The lowest BCUT2D eigenvalue weighted by molar-refractivity contribution is 0.102. The molecular weight excluding hydrogens is 372 g/mol. The van der Waals surface area contributed by atoms with Gasteiger partial charge in [-0.15, -0.1) is 0 Å². The number of carbonyl (C=O) groups is 1. The van der Waals surface area contributed by atoms with E-state index in [-0.39, 0.29) is 5.91 Å². The van der Waals surface area contributed by atoms with Gasteiger partial charge in [-0.25, -0.2) is 9.97 Å². The van der Waals surface area contributed by atoms with E-state index in [4.69, 9.17) is 0 Å². The fourth-order valence-corrected chi connectivity index (χ4v) is 3.64. The van der Waals surface area contributed by atoms with E-state index in [1.165, 1.54) is 0 Å². The van der Waals surface area contributed by atoms with Crippen molar-refractivity contribution in [2.75, 3.05) is 5.32 Å². The summed E-state index contributed by atoms with van der Waals surface area (Å²) < 4.78 is 0. The number of nitrogens with zero attached hydrogens (tertiary/aromatic N) is 2. The second-order valence-corrected chi connectivity index (χ2v) is 8.09. The lowest BCUT2D eigenvalue weighted by atomic mass is 9.92. The van der Waals surface area contributed by atoms with Gasteiger partial charge in [0.05, 0.1) is 11.0 Å². The first-order chi connectivity index (χ1) is 14.4. The molecule has 5 heteroatoms. The van der Waals surface area contributed by atoms with Crippen molar-refractivity contribution in [3.05, 3.63) is 77.5 Å². The van der Waals surface area contributed by atoms with Crippen LogP contribution in [-0.4, -0.2) is 20.9 Å². The second-order valence-electron chi connectivity index (χ2n) is 8.09. The fraction of sp³-hybridized carbons (Fsp3) is 0.240. The van der Waals surface area contributed by atoms with Crippen LogP contribution in [-0.2, 0) is 0 Å². The molecule has 2 aromatic carbocycles. The number of benzene rings is 2. The maximum Gasteiger partial charge on any atom is 0.274 e. The van der Waals surface area contributed by atoms with E-state index in [0.717, 1.165) is 27.8 Å². The average molecular weight is 399 g/mol. The molecule has 0 bridgehead atoms. The molecule has 0 saturated carbocycles. The number of hydrogen-bond acceptors (Lipinski definition) is 3. The van der Waals surface area contributed by atoms with Crippen molar-refractivity contribution >= 4 is 22.6 Å². The van der Waals surface area contributed by atoms with Gasteiger partial charge in [0.2, 0.25) is 0 Å². The first-order valence-electron chi connectivity index (χ1n) is 10.3. The number of aromatic amines is 1. The van der Waals surface area contributed by atoms with E-state index < -0.39 is 0 Å². The summed E-state index contributed by atoms with van der Waals surface area (Å²) in [6.45, 7) is 8.54. The van der Waals surface area contributed by atoms with E-state index in [2.05, 4.69) is 66.2 Å². The Morgan fingerprint density at radius 2 is 1.50 bits per heavy atom. The number of imidazole rings is 1. The summed E-state index contributed by atoms with van der Waals surface area (Å²) >= 11 is 0. The van der Waals surface area contributed by atoms with E-state index >= 15 is 0 Å². The van der Waals surface area contributed by atoms with Gasteiger partial charge in [0.1, 0.15) is 11.4 Å². The molecule has 4 rings (SSSR count). The predicted octanol–water partition coefficient (Wildman–Crippen LogP) is 6.12. The Kier molecular flexibility index (Phi) is 5.36. The number of hydrogen-bond donors (Lipinski definition) is 2. The lowest BCUT2D eigenvalue weighted by Gasteiger charge is -2.20. The van der Waals surface area contributed by atoms with Crippen molar-refractivity contribution in [1.29, 1.82) is 0 Å². The van der Waals surface area contributed by atoms with Crippen LogP contribution in [0.2, 0.25) is 0 Å². The molecule has 4 aromatic rings. The van der Waals surface area contributed by atoms with Crippen LogP contribution < -0.4 is 5.32 Å². The monoisotopic (exact) mass is 398 g/mol. The van der Waals surface area contributed by atoms with Crippen molar-refractivity contribution < 1.29 is 4.79 Å². The average Bonchev–Trinajstić information content (AvgIpc) is 3.18. The number of nitrogens with one attached hydrogen (secondary N) is 2. The maximum absolute atomic E-state index is 13.1. The number of amides is 1. The fourth-order valence-electron chi connectivity index (χ4n) is 3.64. The highest BCUT2D eigenvalue weighted by Gasteiger charge is 2.18. The van der Waals surface area contributed by atoms with Crippen molar-refractivity contribution in [3.8, 4) is 11.5 Å². The summed E-state index contributed by atoms with van der Waals surface area (Å²) in [7, 11) is 0. The Morgan fingerprint density at radius 1 is 0.833 bits per heavy atom. The third-order valence-corrected chi connectivity index (χ3v) is 5.23. The molecule has 0 unspecified atom stereocenters. The largest absolute Gasteiger partial charge is 0.337 e. The van der Waals surface area contributed by atoms with Gasteiger partial charge >= 0.3 is 0 Å². The number of rotatable bonds is 5. The summed E-state index contributed by atoms with van der Waals surface area (Å²) in [4.78, 5) is 25.6. The molecule has 2 heterocycles. The molecule has 2 aromatic heterocycles. The van der Waals surface area contributed by atoms with Gasteiger partial charge in [0.15, 0.2) is 5.82 Å². The van der Waals surface area contributed by atoms with Crippen molar-refractivity contribution in [1.82, 2.24) is 15.0 Å².